The Labute approximate surface area is 164 Å². The van der Waals surface area contributed by atoms with Gasteiger partial charge in [0.15, 0.2) is 4.80 Å². The van der Waals surface area contributed by atoms with E-state index in [1.807, 2.05) is 42.5 Å². The first kappa shape index (κ1) is 19.5. The number of nitrogens with zero attached hydrogens (tertiary/aromatic N) is 3. The predicted octanol–water partition coefficient (Wildman–Crippen LogP) is 4.11. The molecule has 0 bridgehead atoms. The van der Waals surface area contributed by atoms with Gasteiger partial charge in [-0.05, 0) is 36.2 Å². The number of benzene rings is 2. The molecule has 142 valence electrons. The molecule has 0 fully saturated rings. The molecule has 0 unspecified atom stereocenters. The van der Waals surface area contributed by atoms with Gasteiger partial charge in [0.25, 0.3) is 0 Å². The third-order valence-corrected chi connectivity index (χ3v) is 6.85. The van der Waals surface area contributed by atoms with Gasteiger partial charge in [-0.3, -0.25) is 0 Å². The van der Waals surface area contributed by atoms with Crippen LogP contribution in [0.15, 0.2) is 69.9 Å². The number of aromatic nitrogens is 1. The normalized spacial score (nSPS) is 12.7. The van der Waals surface area contributed by atoms with Crippen LogP contribution in [0.1, 0.15) is 13.3 Å². The van der Waals surface area contributed by atoms with Gasteiger partial charge in [-0.2, -0.15) is 0 Å². The second kappa shape index (κ2) is 8.21. The zero-order valence-electron chi connectivity index (χ0n) is 15.7. The van der Waals surface area contributed by atoms with E-state index in [0.717, 1.165) is 34.7 Å². The highest BCUT2D eigenvalue weighted by Crippen LogP contribution is 2.24. The minimum Gasteiger partial charge on any atom is -0.316 e. The van der Waals surface area contributed by atoms with Crippen LogP contribution in [0.25, 0.3) is 11.3 Å². The summed E-state index contributed by atoms with van der Waals surface area (Å²) in [5, 5.41) is 2.08. The molecule has 2 aromatic carbocycles. The van der Waals surface area contributed by atoms with E-state index in [9.17, 15) is 8.42 Å². The Bertz CT molecular complexity index is 1060. The lowest BCUT2D eigenvalue weighted by atomic mass is 10.2. The standard InChI is InChI=1S/C20H23N3O2S2/c1-4-14-23-19(15-26-20(23)21-17-8-6-5-7-9-17)16-10-12-18(13-11-16)27(24,25)22(2)3/h5-13,15H,4,14H2,1-3H3. The van der Waals surface area contributed by atoms with Gasteiger partial charge >= 0.3 is 0 Å². The SMILES string of the molecule is CCCn1c(-c2ccc(S(=O)(=O)N(C)C)cc2)csc1=Nc1ccccc1. The van der Waals surface area contributed by atoms with Crippen molar-refractivity contribution in [2.75, 3.05) is 14.1 Å². The van der Waals surface area contributed by atoms with Gasteiger partial charge in [0, 0.05) is 26.0 Å². The van der Waals surface area contributed by atoms with E-state index in [-0.39, 0.29) is 0 Å². The number of hydrogen-bond acceptors (Lipinski definition) is 4. The fourth-order valence-corrected chi connectivity index (χ4v) is 4.57. The third-order valence-electron chi connectivity index (χ3n) is 4.15. The first-order valence-corrected chi connectivity index (χ1v) is 11.1. The first-order chi connectivity index (χ1) is 12.9. The molecule has 3 rings (SSSR count). The van der Waals surface area contributed by atoms with Crippen LogP contribution in [-0.4, -0.2) is 31.4 Å². The second-order valence-corrected chi connectivity index (χ2v) is 9.30. The average Bonchev–Trinajstić information content (AvgIpc) is 3.05. The lowest BCUT2D eigenvalue weighted by Crippen LogP contribution is -2.22. The topological polar surface area (TPSA) is 54.7 Å². The number of sulfonamides is 1. The fourth-order valence-electron chi connectivity index (χ4n) is 2.71. The molecule has 3 aromatic rings. The summed E-state index contributed by atoms with van der Waals surface area (Å²) in [7, 11) is -0.348. The lowest BCUT2D eigenvalue weighted by molar-refractivity contribution is 0.521. The fraction of sp³-hybridized carbons (Fsp3) is 0.250. The van der Waals surface area contributed by atoms with Crippen molar-refractivity contribution in [2.45, 2.75) is 24.8 Å². The van der Waals surface area contributed by atoms with E-state index in [4.69, 9.17) is 4.99 Å². The molecule has 0 aliphatic rings. The van der Waals surface area contributed by atoms with Crippen molar-refractivity contribution in [3.8, 4) is 11.3 Å². The Morgan fingerprint density at radius 1 is 1.04 bits per heavy atom. The van der Waals surface area contributed by atoms with Crippen molar-refractivity contribution in [1.29, 1.82) is 0 Å². The largest absolute Gasteiger partial charge is 0.316 e. The highest BCUT2D eigenvalue weighted by atomic mass is 32.2. The predicted molar refractivity (Wildman–Crippen MR) is 111 cm³/mol. The van der Waals surface area contributed by atoms with Gasteiger partial charge in [-0.15, -0.1) is 11.3 Å². The zero-order chi connectivity index (χ0) is 19.4. The molecule has 0 atom stereocenters. The molecule has 0 N–H and O–H groups in total. The van der Waals surface area contributed by atoms with E-state index in [1.165, 1.54) is 18.4 Å². The van der Waals surface area contributed by atoms with Gasteiger partial charge < -0.3 is 4.57 Å². The van der Waals surface area contributed by atoms with Crippen LogP contribution >= 0.6 is 11.3 Å². The molecule has 27 heavy (non-hydrogen) atoms. The first-order valence-electron chi connectivity index (χ1n) is 8.74. The van der Waals surface area contributed by atoms with E-state index in [2.05, 4.69) is 16.9 Å². The van der Waals surface area contributed by atoms with Crippen molar-refractivity contribution in [2.24, 2.45) is 4.99 Å². The maximum Gasteiger partial charge on any atom is 0.242 e. The molecule has 0 amide bonds. The number of rotatable bonds is 6. The van der Waals surface area contributed by atoms with Crippen LogP contribution in [0.2, 0.25) is 0 Å². The molecule has 0 aliphatic carbocycles. The van der Waals surface area contributed by atoms with E-state index >= 15 is 0 Å². The van der Waals surface area contributed by atoms with Crippen LogP contribution < -0.4 is 4.80 Å². The summed E-state index contributed by atoms with van der Waals surface area (Å²) in [5.41, 5.74) is 2.94. The van der Waals surface area contributed by atoms with Crippen LogP contribution in [0.4, 0.5) is 5.69 Å². The molecule has 5 nitrogen and oxygen atoms in total. The van der Waals surface area contributed by atoms with Crippen LogP contribution in [0, 0.1) is 0 Å². The van der Waals surface area contributed by atoms with Crippen molar-refractivity contribution >= 4 is 27.0 Å². The Hall–Kier alpha value is -2.22. The number of para-hydroxylation sites is 1. The molecule has 1 heterocycles. The molecule has 0 aliphatic heterocycles. The monoisotopic (exact) mass is 401 g/mol. The summed E-state index contributed by atoms with van der Waals surface area (Å²) >= 11 is 1.59. The molecule has 0 spiro atoms. The number of thiazole rings is 1. The summed E-state index contributed by atoms with van der Waals surface area (Å²) < 4.78 is 27.9. The average molecular weight is 402 g/mol. The van der Waals surface area contributed by atoms with Gasteiger partial charge in [0.2, 0.25) is 10.0 Å². The van der Waals surface area contributed by atoms with Crippen molar-refractivity contribution < 1.29 is 8.42 Å². The van der Waals surface area contributed by atoms with Crippen molar-refractivity contribution in [1.82, 2.24) is 8.87 Å². The van der Waals surface area contributed by atoms with Gasteiger partial charge in [-0.1, -0.05) is 37.3 Å². The minimum atomic E-state index is -3.42. The minimum absolute atomic E-state index is 0.294. The summed E-state index contributed by atoms with van der Waals surface area (Å²) in [6, 6.07) is 16.9. The van der Waals surface area contributed by atoms with Crippen LogP contribution in [0.3, 0.4) is 0 Å². The number of hydrogen-bond donors (Lipinski definition) is 0. The highest BCUT2D eigenvalue weighted by Gasteiger charge is 2.17. The molecule has 1 aromatic heterocycles. The molecular formula is C20H23N3O2S2. The van der Waals surface area contributed by atoms with E-state index in [0.29, 0.717) is 4.90 Å². The Kier molecular flexibility index (Phi) is 5.94. The summed E-state index contributed by atoms with van der Waals surface area (Å²) in [5.74, 6) is 0. The lowest BCUT2D eigenvalue weighted by Gasteiger charge is -2.12. The maximum absolute atomic E-state index is 12.3. The third kappa shape index (κ3) is 4.21. The molecule has 7 heteroatoms. The van der Waals surface area contributed by atoms with Gasteiger partial charge in [0.1, 0.15) is 0 Å². The van der Waals surface area contributed by atoms with E-state index in [1.54, 1.807) is 23.5 Å². The van der Waals surface area contributed by atoms with E-state index < -0.39 is 10.0 Å². The molecule has 0 saturated carbocycles. The summed E-state index contributed by atoms with van der Waals surface area (Å²) in [4.78, 5) is 5.99. The maximum atomic E-state index is 12.3. The second-order valence-electron chi connectivity index (χ2n) is 6.31. The van der Waals surface area contributed by atoms with Gasteiger partial charge in [0.05, 0.1) is 16.3 Å². The quantitative estimate of drug-likeness (QED) is 0.624. The Balaban J connectivity index is 2.04. The molecular weight excluding hydrogens is 378 g/mol. The van der Waals surface area contributed by atoms with Gasteiger partial charge in [-0.25, -0.2) is 17.7 Å². The van der Waals surface area contributed by atoms with Crippen LogP contribution in [-0.2, 0) is 16.6 Å². The Morgan fingerprint density at radius 3 is 2.30 bits per heavy atom. The molecule has 0 radical (unpaired) electrons. The highest BCUT2D eigenvalue weighted by molar-refractivity contribution is 7.89. The summed E-state index contributed by atoms with van der Waals surface area (Å²) in [6.45, 7) is 2.98. The summed E-state index contributed by atoms with van der Waals surface area (Å²) in [6.07, 6.45) is 0.985. The Morgan fingerprint density at radius 2 is 1.70 bits per heavy atom. The smallest absolute Gasteiger partial charge is 0.242 e. The molecule has 0 saturated heterocycles. The van der Waals surface area contributed by atoms with Crippen molar-refractivity contribution in [3.05, 3.63) is 64.8 Å². The zero-order valence-corrected chi connectivity index (χ0v) is 17.3. The van der Waals surface area contributed by atoms with Crippen molar-refractivity contribution in [3.63, 3.8) is 0 Å². The van der Waals surface area contributed by atoms with Crippen LogP contribution in [0.5, 0.6) is 0 Å².